The number of hydrogen-bond donors (Lipinski definition) is 8. The van der Waals surface area contributed by atoms with Crippen LogP contribution in [-0.4, -0.2) is 97.8 Å². The van der Waals surface area contributed by atoms with Crippen LogP contribution in [0.15, 0.2) is 165 Å². The Morgan fingerprint density at radius 2 is 0.708 bits per heavy atom. The SMILES string of the molecule is Nc1nc2cc3c1[nH]c(=O)n3Cc1cccc(c1)C/C=C/CCO2.Nc1nc2cc3c1[nH]c(=O)n3Cc1cccc(c1)CCCCCO2.Nc1nc2cc3c1[nH]c(=O)n3Cc1cccc(c1)OC/C=C/CO2.Nc1nc2cc3c1[nH]c(=O)n3Cc1cccc(c1)OCCCCO2. The van der Waals surface area contributed by atoms with Gasteiger partial charge in [0.15, 0.2) is 23.3 Å². The topological polar surface area (TPSA) is 362 Å². The Morgan fingerprint density at radius 3 is 1.19 bits per heavy atom. The van der Waals surface area contributed by atoms with E-state index in [1.807, 2.05) is 78.9 Å². The normalized spacial score (nSPS) is 15.3. The van der Waals surface area contributed by atoms with E-state index in [0.717, 1.165) is 90.6 Å². The Kier molecular flexibility index (Phi) is 18.7. The van der Waals surface area contributed by atoms with E-state index in [-0.39, 0.29) is 40.2 Å². The lowest BCUT2D eigenvalue weighted by Crippen LogP contribution is -2.17. The third kappa shape index (κ3) is 14.6. The van der Waals surface area contributed by atoms with Crippen molar-refractivity contribution in [3.05, 3.63) is 221 Å². The number of fused-ring (bicyclic) bond motifs is 12. The third-order valence-corrected chi connectivity index (χ3v) is 16.5. The number of nitrogens with two attached hydrogens (primary N) is 4. The fourth-order valence-corrected chi connectivity index (χ4v) is 11.8. The van der Waals surface area contributed by atoms with Gasteiger partial charge in [0.2, 0.25) is 23.5 Å². The van der Waals surface area contributed by atoms with Crippen molar-refractivity contribution in [3.8, 4) is 35.0 Å². The maximum atomic E-state index is 12.4. The largest absolute Gasteiger partial charge is 0.494 e. The number of aromatic amines is 4. The van der Waals surface area contributed by atoms with Crippen LogP contribution in [0.3, 0.4) is 0 Å². The van der Waals surface area contributed by atoms with Crippen LogP contribution in [0.1, 0.15) is 71.9 Å². The average molecular weight is 1300 g/mol. The van der Waals surface area contributed by atoms with Crippen molar-refractivity contribution in [2.75, 3.05) is 62.6 Å². The van der Waals surface area contributed by atoms with Crippen molar-refractivity contribution in [3.63, 3.8) is 0 Å². The molecule has 26 heteroatoms. The van der Waals surface area contributed by atoms with Gasteiger partial charge in [0.25, 0.3) is 0 Å². The molecule has 0 unspecified atom stereocenters. The second kappa shape index (κ2) is 28.5. The zero-order chi connectivity index (χ0) is 66.1. The standard InChI is InChI=1S/C18H20N4O2.C18H18N4O2.C17H18N4O3.C17H16N4O3/c2*19-17-16-14-10-15(20-17)24-8-3-1-2-5-12-6-4-7-13(9-12)11-22(14)18(23)21-16;2*18-16-15-13-9-14(19-16)24-7-2-1-6-23-12-5-3-4-11(8-12)10-21(13)17(22)20-15/h4,6-7,9-10H,1-3,5,8,11H2,(H2,19,20)(H,21,23);1-2,4,6-7,9-10H,3,5,8,11H2,(H2,19,20)(H,21,23);3-5,8-9H,1-2,6-7,10H2,(H2,18,19)(H,20,22);1-5,8-9H,6-7,10H2,(H2,18,19)(H,20,22)/b;2-1+;;2-1+. The van der Waals surface area contributed by atoms with Gasteiger partial charge in [0, 0.05) is 24.3 Å². The van der Waals surface area contributed by atoms with Crippen LogP contribution in [0.25, 0.3) is 44.1 Å². The summed E-state index contributed by atoms with van der Waals surface area (Å²) >= 11 is 0. The molecule has 8 aromatic heterocycles. The first-order valence-electron chi connectivity index (χ1n) is 31.8. The predicted octanol–water partition coefficient (Wildman–Crippen LogP) is 8.29. The molecule has 0 saturated carbocycles. The van der Waals surface area contributed by atoms with E-state index in [1.54, 1.807) is 42.5 Å². The fourth-order valence-electron chi connectivity index (χ4n) is 11.8. The van der Waals surface area contributed by atoms with Gasteiger partial charge in [-0.3, -0.25) is 18.3 Å². The Balaban J connectivity index is 0.000000116. The van der Waals surface area contributed by atoms with Crippen molar-refractivity contribution >= 4 is 67.4 Å². The minimum absolute atomic E-state index is 0.187. The van der Waals surface area contributed by atoms with E-state index in [0.29, 0.717) is 134 Å². The Hall–Kier alpha value is -12.0. The molecule has 0 radical (unpaired) electrons. The van der Waals surface area contributed by atoms with Crippen molar-refractivity contribution in [2.45, 2.75) is 77.5 Å². The smallest absolute Gasteiger partial charge is 0.326 e. The van der Waals surface area contributed by atoms with Crippen molar-refractivity contribution in [1.82, 2.24) is 58.1 Å². The first kappa shape index (κ1) is 62.8. The zero-order valence-electron chi connectivity index (χ0n) is 52.6. The lowest BCUT2D eigenvalue weighted by molar-refractivity contribution is 0.261. The molecular weight excluding hydrogens is 1220 g/mol. The van der Waals surface area contributed by atoms with E-state index in [4.69, 9.17) is 51.4 Å². The minimum Gasteiger partial charge on any atom is -0.494 e. The molecule has 12 aromatic rings. The number of hydrogen-bond acceptors (Lipinski definition) is 18. The summed E-state index contributed by atoms with van der Waals surface area (Å²) in [5, 5.41) is 0. The van der Waals surface area contributed by atoms with E-state index in [1.165, 1.54) is 11.1 Å². The second-order valence-electron chi connectivity index (χ2n) is 23.4. The van der Waals surface area contributed by atoms with Crippen LogP contribution < -0.4 is 74.1 Å². The fraction of sp³-hybridized carbons (Fsp3) is 0.257. The Morgan fingerprint density at radius 1 is 0.344 bits per heavy atom. The highest BCUT2D eigenvalue weighted by Gasteiger charge is 2.19. The third-order valence-electron chi connectivity index (χ3n) is 16.5. The summed E-state index contributed by atoms with van der Waals surface area (Å²) in [4.78, 5) is 77.4. The molecule has 96 heavy (non-hydrogen) atoms. The summed E-state index contributed by atoms with van der Waals surface area (Å²) < 4.78 is 40.7. The summed E-state index contributed by atoms with van der Waals surface area (Å²) in [5.74, 6) is 4.35. The molecule has 26 nitrogen and oxygen atoms in total. The molecule has 4 aliphatic rings. The van der Waals surface area contributed by atoms with E-state index in [2.05, 4.69) is 82.4 Å². The summed E-state index contributed by atoms with van der Waals surface area (Å²) in [6.45, 7) is 4.83. The van der Waals surface area contributed by atoms with Crippen LogP contribution in [0.2, 0.25) is 0 Å². The maximum Gasteiger partial charge on any atom is 0.326 e. The molecule has 4 aromatic carbocycles. The number of benzene rings is 4. The molecule has 0 saturated heterocycles. The van der Waals surface area contributed by atoms with Crippen LogP contribution in [0.5, 0.6) is 35.0 Å². The molecule has 16 rings (SSSR count). The van der Waals surface area contributed by atoms with Crippen LogP contribution in [-0.2, 0) is 39.0 Å². The number of nitrogens with one attached hydrogen (secondary N) is 4. The quantitative estimate of drug-likeness (QED) is 0.0662. The van der Waals surface area contributed by atoms with E-state index >= 15 is 0 Å². The lowest BCUT2D eigenvalue weighted by Gasteiger charge is -2.11. The Bertz CT molecular complexity index is 4970. The number of pyridine rings is 4. The predicted molar refractivity (Wildman–Crippen MR) is 368 cm³/mol. The highest BCUT2D eigenvalue weighted by Crippen LogP contribution is 2.28. The van der Waals surface area contributed by atoms with E-state index < -0.39 is 0 Å². The number of allylic oxidation sites excluding steroid dienone is 1. The number of anilines is 4. The van der Waals surface area contributed by atoms with Gasteiger partial charge >= 0.3 is 22.8 Å². The van der Waals surface area contributed by atoms with Crippen LogP contribution in [0.4, 0.5) is 23.3 Å². The number of ether oxygens (including phenoxy) is 6. The molecule has 0 atom stereocenters. The van der Waals surface area contributed by atoms with E-state index in [9.17, 15) is 19.2 Å². The van der Waals surface area contributed by atoms with Crippen molar-refractivity contribution < 1.29 is 28.4 Å². The molecular formula is C70H72N16O10. The summed E-state index contributed by atoms with van der Waals surface area (Å²) in [6.07, 6.45) is 15.6. The highest BCUT2D eigenvalue weighted by atomic mass is 16.5. The number of aryl methyl sites for hydroxylation is 1. The van der Waals surface area contributed by atoms with Crippen molar-refractivity contribution in [2.24, 2.45) is 0 Å². The van der Waals surface area contributed by atoms with Gasteiger partial charge in [-0.2, -0.15) is 19.9 Å². The van der Waals surface area contributed by atoms with Crippen LogP contribution >= 0.6 is 0 Å². The van der Waals surface area contributed by atoms with Gasteiger partial charge in [-0.25, -0.2) is 19.2 Å². The first-order chi connectivity index (χ1) is 46.8. The number of nitrogen functional groups attached to an aromatic ring is 4. The summed E-state index contributed by atoms with van der Waals surface area (Å²) in [7, 11) is 0. The summed E-state index contributed by atoms with van der Waals surface area (Å²) in [5.41, 5.74) is 34.6. The zero-order valence-corrected chi connectivity index (χ0v) is 52.6. The van der Waals surface area contributed by atoms with Gasteiger partial charge in [-0.15, -0.1) is 0 Å². The second-order valence-corrected chi connectivity index (χ2v) is 23.4. The van der Waals surface area contributed by atoms with Gasteiger partial charge in [-0.1, -0.05) is 84.9 Å². The van der Waals surface area contributed by atoms with Gasteiger partial charge in [0.05, 0.1) is 74.7 Å². The molecule has 12 N–H and O–H groups in total. The number of H-pyrrole nitrogens is 4. The molecule has 0 aliphatic carbocycles. The number of imidazole rings is 4. The molecule has 0 amide bonds. The highest BCUT2D eigenvalue weighted by molar-refractivity contribution is 5.88. The summed E-state index contributed by atoms with van der Waals surface area (Å²) in [6, 6.07) is 39.2. The lowest BCUT2D eigenvalue weighted by atomic mass is 10.0. The molecule has 0 spiro atoms. The molecule has 4 aliphatic heterocycles. The first-order valence-corrected chi connectivity index (χ1v) is 31.8. The average Bonchev–Trinajstić information content (AvgIpc) is 1.66. The molecule has 12 heterocycles. The number of aromatic nitrogens is 12. The van der Waals surface area contributed by atoms with Crippen molar-refractivity contribution in [1.29, 1.82) is 0 Å². The Labute approximate surface area is 547 Å². The monoisotopic (exact) mass is 1300 g/mol. The molecule has 0 fully saturated rings. The molecule has 16 bridgehead atoms. The van der Waals surface area contributed by atoms with Gasteiger partial charge < -0.3 is 71.3 Å². The van der Waals surface area contributed by atoms with Gasteiger partial charge in [-0.05, 0) is 121 Å². The number of nitrogens with zero attached hydrogens (tertiary/aromatic N) is 8. The minimum atomic E-state index is -0.242. The van der Waals surface area contributed by atoms with Gasteiger partial charge in [0.1, 0.15) is 46.8 Å². The maximum absolute atomic E-state index is 12.4. The van der Waals surface area contributed by atoms with Crippen LogP contribution in [0, 0.1) is 0 Å². The number of rotatable bonds is 0. The molecule has 492 valence electrons.